The summed E-state index contributed by atoms with van der Waals surface area (Å²) in [5.41, 5.74) is 0.259. The van der Waals surface area contributed by atoms with E-state index in [0.717, 1.165) is 12.6 Å². The van der Waals surface area contributed by atoms with Crippen LogP contribution in [0.1, 0.15) is 53.4 Å². The van der Waals surface area contributed by atoms with Gasteiger partial charge in [-0.05, 0) is 47.1 Å². The summed E-state index contributed by atoms with van der Waals surface area (Å²) < 4.78 is 0. The summed E-state index contributed by atoms with van der Waals surface area (Å²) in [6, 6.07) is 0.786. The molecule has 2 heteroatoms. The van der Waals surface area contributed by atoms with Crippen molar-refractivity contribution in [1.82, 2.24) is 10.2 Å². The van der Waals surface area contributed by atoms with E-state index in [1.165, 1.54) is 38.8 Å². The standard InChI is InChI=1S/C13H28N2/c1-12-8-6-5-7-10-15(12)11-9-14-13(2,3)4/h12,14H,5-11H2,1-4H3. The van der Waals surface area contributed by atoms with Gasteiger partial charge in [-0.25, -0.2) is 0 Å². The minimum atomic E-state index is 0.259. The highest BCUT2D eigenvalue weighted by atomic mass is 15.2. The Bertz CT molecular complexity index is 172. The minimum Gasteiger partial charge on any atom is -0.311 e. The molecule has 0 aromatic rings. The van der Waals surface area contributed by atoms with Crippen molar-refractivity contribution in [2.24, 2.45) is 0 Å². The van der Waals surface area contributed by atoms with Crippen molar-refractivity contribution in [3.8, 4) is 0 Å². The molecule has 0 aromatic heterocycles. The van der Waals surface area contributed by atoms with Gasteiger partial charge >= 0.3 is 0 Å². The summed E-state index contributed by atoms with van der Waals surface area (Å²) in [6.07, 6.45) is 5.62. The van der Waals surface area contributed by atoms with Gasteiger partial charge in [0.05, 0.1) is 0 Å². The summed E-state index contributed by atoms with van der Waals surface area (Å²) in [4.78, 5) is 2.64. The van der Waals surface area contributed by atoms with E-state index in [-0.39, 0.29) is 5.54 Å². The summed E-state index contributed by atoms with van der Waals surface area (Å²) in [6.45, 7) is 12.7. The fourth-order valence-corrected chi connectivity index (χ4v) is 2.24. The first-order valence-electron chi connectivity index (χ1n) is 6.48. The highest BCUT2D eigenvalue weighted by Gasteiger charge is 2.17. The number of nitrogens with one attached hydrogen (secondary N) is 1. The van der Waals surface area contributed by atoms with Crippen molar-refractivity contribution in [3.63, 3.8) is 0 Å². The molecule has 0 aliphatic carbocycles. The van der Waals surface area contributed by atoms with Gasteiger partial charge in [-0.15, -0.1) is 0 Å². The van der Waals surface area contributed by atoms with E-state index in [0.29, 0.717) is 0 Å². The van der Waals surface area contributed by atoms with Gasteiger partial charge in [0.25, 0.3) is 0 Å². The van der Waals surface area contributed by atoms with Crippen LogP contribution in [0.5, 0.6) is 0 Å². The molecule has 0 aromatic carbocycles. The molecule has 1 N–H and O–H groups in total. The zero-order valence-corrected chi connectivity index (χ0v) is 11.0. The molecule has 0 spiro atoms. The molecule has 1 saturated heterocycles. The lowest BCUT2D eigenvalue weighted by atomic mass is 10.1. The van der Waals surface area contributed by atoms with Crippen LogP contribution >= 0.6 is 0 Å². The number of nitrogens with zero attached hydrogens (tertiary/aromatic N) is 1. The normalized spacial score (nSPS) is 25.2. The topological polar surface area (TPSA) is 15.3 Å². The van der Waals surface area contributed by atoms with Crippen molar-refractivity contribution < 1.29 is 0 Å². The largest absolute Gasteiger partial charge is 0.311 e. The molecule has 1 rings (SSSR count). The van der Waals surface area contributed by atoms with E-state index in [1.54, 1.807) is 0 Å². The second-order valence-corrected chi connectivity index (χ2v) is 5.91. The third-order valence-corrected chi connectivity index (χ3v) is 3.24. The SMILES string of the molecule is CC1CCCCCN1CCNC(C)(C)C. The van der Waals surface area contributed by atoms with E-state index in [1.807, 2.05) is 0 Å². The molecule has 1 fully saturated rings. The van der Waals surface area contributed by atoms with Crippen molar-refractivity contribution >= 4 is 0 Å². The van der Waals surface area contributed by atoms with Gasteiger partial charge in [-0.1, -0.05) is 12.8 Å². The van der Waals surface area contributed by atoms with Crippen molar-refractivity contribution in [2.45, 2.75) is 65.0 Å². The molecule has 1 unspecified atom stereocenters. The molecule has 15 heavy (non-hydrogen) atoms. The van der Waals surface area contributed by atoms with Crippen LogP contribution in [-0.4, -0.2) is 36.1 Å². The Balaban J connectivity index is 2.23. The highest BCUT2D eigenvalue weighted by Crippen LogP contribution is 2.15. The van der Waals surface area contributed by atoms with E-state index >= 15 is 0 Å². The first kappa shape index (κ1) is 13.0. The second-order valence-electron chi connectivity index (χ2n) is 5.91. The van der Waals surface area contributed by atoms with Gasteiger partial charge < -0.3 is 5.32 Å². The molecule has 1 aliphatic heterocycles. The predicted molar refractivity (Wildman–Crippen MR) is 67.3 cm³/mol. The Morgan fingerprint density at radius 2 is 1.93 bits per heavy atom. The molecule has 2 nitrogen and oxygen atoms in total. The molecule has 0 amide bonds. The van der Waals surface area contributed by atoms with Gasteiger partial charge in [0, 0.05) is 24.7 Å². The second kappa shape index (κ2) is 5.86. The third kappa shape index (κ3) is 5.53. The third-order valence-electron chi connectivity index (χ3n) is 3.24. The summed E-state index contributed by atoms with van der Waals surface area (Å²) in [5, 5.41) is 3.57. The maximum absolute atomic E-state index is 3.57. The van der Waals surface area contributed by atoms with Crippen LogP contribution in [0.4, 0.5) is 0 Å². The van der Waals surface area contributed by atoms with Gasteiger partial charge in [0.15, 0.2) is 0 Å². The number of hydrogen-bond acceptors (Lipinski definition) is 2. The molecule has 0 saturated carbocycles. The lowest BCUT2D eigenvalue weighted by molar-refractivity contribution is 0.207. The fourth-order valence-electron chi connectivity index (χ4n) is 2.24. The Labute approximate surface area is 95.4 Å². The van der Waals surface area contributed by atoms with Crippen LogP contribution in [0.3, 0.4) is 0 Å². The zero-order chi connectivity index (χ0) is 11.3. The Morgan fingerprint density at radius 1 is 1.20 bits per heavy atom. The average Bonchev–Trinajstić information content (AvgIpc) is 2.30. The number of rotatable bonds is 3. The van der Waals surface area contributed by atoms with Crippen LogP contribution in [0, 0.1) is 0 Å². The maximum Gasteiger partial charge on any atom is 0.0110 e. The molecule has 1 atom stereocenters. The number of likely N-dealkylation sites (tertiary alicyclic amines) is 1. The molecule has 90 valence electrons. The fraction of sp³-hybridized carbons (Fsp3) is 1.00. The molecule has 0 bridgehead atoms. The van der Waals surface area contributed by atoms with Gasteiger partial charge in [0.2, 0.25) is 0 Å². The van der Waals surface area contributed by atoms with Crippen molar-refractivity contribution in [1.29, 1.82) is 0 Å². The van der Waals surface area contributed by atoms with Gasteiger partial charge in [-0.3, -0.25) is 4.90 Å². The smallest absolute Gasteiger partial charge is 0.0110 e. The summed E-state index contributed by atoms with van der Waals surface area (Å²) >= 11 is 0. The van der Waals surface area contributed by atoms with Crippen molar-refractivity contribution in [3.05, 3.63) is 0 Å². The predicted octanol–water partition coefficient (Wildman–Crippen LogP) is 2.64. The minimum absolute atomic E-state index is 0.259. The van der Waals surface area contributed by atoms with Crippen LogP contribution < -0.4 is 5.32 Å². The molecule has 1 heterocycles. The molecular formula is C13H28N2. The van der Waals surface area contributed by atoms with Gasteiger partial charge in [-0.2, -0.15) is 0 Å². The Morgan fingerprint density at radius 3 is 2.60 bits per heavy atom. The lowest BCUT2D eigenvalue weighted by Gasteiger charge is -2.29. The van der Waals surface area contributed by atoms with Crippen LogP contribution in [0.2, 0.25) is 0 Å². The molecule has 1 aliphatic rings. The van der Waals surface area contributed by atoms with Crippen molar-refractivity contribution in [2.75, 3.05) is 19.6 Å². The van der Waals surface area contributed by atoms with Crippen LogP contribution in [-0.2, 0) is 0 Å². The van der Waals surface area contributed by atoms with E-state index < -0.39 is 0 Å². The molecular weight excluding hydrogens is 184 g/mol. The first-order valence-corrected chi connectivity index (χ1v) is 6.48. The number of hydrogen-bond donors (Lipinski definition) is 1. The first-order chi connectivity index (χ1) is 6.99. The quantitative estimate of drug-likeness (QED) is 0.773. The molecule has 0 radical (unpaired) electrons. The Hall–Kier alpha value is -0.0800. The monoisotopic (exact) mass is 212 g/mol. The zero-order valence-electron chi connectivity index (χ0n) is 11.0. The average molecular weight is 212 g/mol. The lowest BCUT2D eigenvalue weighted by Crippen LogP contribution is -2.43. The van der Waals surface area contributed by atoms with Crippen LogP contribution in [0.25, 0.3) is 0 Å². The van der Waals surface area contributed by atoms with Gasteiger partial charge in [0.1, 0.15) is 0 Å². The highest BCUT2D eigenvalue weighted by molar-refractivity contribution is 4.75. The van der Waals surface area contributed by atoms with E-state index in [2.05, 4.69) is 37.9 Å². The maximum atomic E-state index is 3.57. The summed E-state index contributed by atoms with van der Waals surface area (Å²) in [5.74, 6) is 0. The summed E-state index contributed by atoms with van der Waals surface area (Å²) in [7, 11) is 0. The van der Waals surface area contributed by atoms with Crippen LogP contribution in [0.15, 0.2) is 0 Å². The van der Waals surface area contributed by atoms with E-state index in [9.17, 15) is 0 Å². The Kier molecular flexibility index (Phi) is 5.07. The van der Waals surface area contributed by atoms with E-state index in [4.69, 9.17) is 0 Å².